The van der Waals surface area contributed by atoms with Crippen LogP contribution in [0.3, 0.4) is 0 Å². The van der Waals surface area contributed by atoms with E-state index in [2.05, 4.69) is 31.3 Å². The molecule has 1 unspecified atom stereocenters. The van der Waals surface area contributed by atoms with Gasteiger partial charge in [0.1, 0.15) is 0 Å². The molecule has 0 spiro atoms. The molecule has 76 valence electrons. The lowest BCUT2D eigenvalue weighted by Gasteiger charge is -2.14. The molecule has 1 heterocycles. The summed E-state index contributed by atoms with van der Waals surface area (Å²) < 4.78 is 0. The van der Waals surface area contributed by atoms with Gasteiger partial charge in [0.2, 0.25) is 0 Å². The summed E-state index contributed by atoms with van der Waals surface area (Å²) in [6.45, 7) is 6.42. The fourth-order valence-electron chi connectivity index (χ4n) is 2.20. The van der Waals surface area contributed by atoms with Crippen LogP contribution in [0.5, 0.6) is 0 Å². The Hall–Kier alpha value is -0.530. The van der Waals surface area contributed by atoms with Gasteiger partial charge in [-0.25, -0.2) is 0 Å². The first-order chi connectivity index (χ1) is 6.70. The minimum atomic E-state index is 0.660. The molecule has 1 nitrogen and oxygen atoms in total. The van der Waals surface area contributed by atoms with Gasteiger partial charge in [-0.15, -0.1) is 0 Å². The van der Waals surface area contributed by atoms with Crippen LogP contribution in [0.25, 0.3) is 0 Å². The van der Waals surface area contributed by atoms with E-state index in [1.54, 1.807) is 0 Å². The van der Waals surface area contributed by atoms with Crippen molar-refractivity contribution < 1.29 is 0 Å². The molecule has 1 saturated heterocycles. The third kappa shape index (κ3) is 1.67. The summed E-state index contributed by atoms with van der Waals surface area (Å²) in [5, 5.41) is 4.33. The van der Waals surface area contributed by atoms with Crippen LogP contribution in [0.15, 0.2) is 12.1 Å². The third-order valence-electron chi connectivity index (χ3n) is 3.12. The van der Waals surface area contributed by atoms with Crippen LogP contribution in [0.1, 0.15) is 29.0 Å². The highest BCUT2D eigenvalue weighted by atomic mass is 35.5. The van der Waals surface area contributed by atoms with Gasteiger partial charge in [-0.1, -0.05) is 23.7 Å². The normalized spacial score (nSPS) is 21.5. The maximum Gasteiger partial charge on any atom is 0.0467 e. The molecule has 0 aromatic heterocycles. The maximum absolute atomic E-state index is 6.24. The van der Waals surface area contributed by atoms with E-state index in [9.17, 15) is 0 Å². The Bertz CT molecular complexity index is 340. The average molecular weight is 210 g/mol. The van der Waals surface area contributed by atoms with Crippen molar-refractivity contribution >= 4 is 11.6 Å². The molecule has 1 aromatic rings. The standard InChI is InChI=1S/C12H16ClN/c1-8-3-4-11(9(2)12(8)13)10-5-6-14-7-10/h3-4,10,14H,5-7H2,1-2H3. The van der Waals surface area contributed by atoms with Crippen molar-refractivity contribution in [1.29, 1.82) is 0 Å². The number of benzene rings is 1. The summed E-state index contributed by atoms with van der Waals surface area (Å²) in [5.41, 5.74) is 3.87. The molecule has 2 heteroatoms. The molecule has 0 saturated carbocycles. The molecular formula is C12H16ClN. The number of halogens is 1. The summed E-state index contributed by atoms with van der Waals surface area (Å²) in [4.78, 5) is 0. The molecule has 0 radical (unpaired) electrons. The number of rotatable bonds is 1. The van der Waals surface area contributed by atoms with E-state index >= 15 is 0 Å². The Morgan fingerprint density at radius 1 is 1.36 bits per heavy atom. The zero-order valence-electron chi connectivity index (χ0n) is 8.73. The van der Waals surface area contributed by atoms with Gasteiger partial charge < -0.3 is 5.32 Å². The topological polar surface area (TPSA) is 12.0 Å². The first kappa shape index (κ1) is 10.0. The Morgan fingerprint density at radius 3 is 2.79 bits per heavy atom. The van der Waals surface area contributed by atoms with E-state index in [0.717, 1.165) is 18.1 Å². The van der Waals surface area contributed by atoms with Gasteiger partial charge in [-0.05, 0) is 49.4 Å². The molecule has 14 heavy (non-hydrogen) atoms. The van der Waals surface area contributed by atoms with Crippen LogP contribution < -0.4 is 5.32 Å². The largest absolute Gasteiger partial charge is 0.316 e. The third-order valence-corrected chi connectivity index (χ3v) is 3.70. The average Bonchev–Trinajstić information content (AvgIpc) is 2.67. The first-order valence-electron chi connectivity index (χ1n) is 5.16. The molecular weight excluding hydrogens is 194 g/mol. The molecule has 1 atom stereocenters. The molecule has 1 fully saturated rings. The predicted molar refractivity (Wildman–Crippen MR) is 61.2 cm³/mol. The van der Waals surface area contributed by atoms with Crippen LogP contribution in [-0.2, 0) is 0 Å². The van der Waals surface area contributed by atoms with Crippen molar-refractivity contribution in [2.24, 2.45) is 0 Å². The van der Waals surface area contributed by atoms with E-state index in [1.165, 1.54) is 23.1 Å². The van der Waals surface area contributed by atoms with Gasteiger partial charge in [-0.2, -0.15) is 0 Å². The van der Waals surface area contributed by atoms with Crippen LogP contribution in [0, 0.1) is 13.8 Å². The predicted octanol–water partition coefficient (Wildman–Crippen LogP) is 3.03. The molecule has 0 bridgehead atoms. The number of nitrogens with one attached hydrogen (secondary N) is 1. The van der Waals surface area contributed by atoms with Crippen molar-refractivity contribution in [2.75, 3.05) is 13.1 Å². The van der Waals surface area contributed by atoms with Gasteiger partial charge in [0.25, 0.3) is 0 Å². The summed E-state index contributed by atoms with van der Waals surface area (Å²) >= 11 is 6.24. The Balaban J connectivity index is 2.38. The SMILES string of the molecule is Cc1ccc(C2CCNC2)c(C)c1Cl. The van der Waals surface area contributed by atoms with Crippen molar-refractivity contribution in [3.8, 4) is 0 Å². The Kier molecular flexibility index (Phi) is 2.80. The van der Waals surface area contributed by atoms with Gasteiger partial charge in [0, 0.05) is 11.6 Å². The molecule has 1 aliphatic rings. The zero-order chi connectivity index (χ0) is 10.1. The van der Waals surface area contributed by atoms with Crippen LogP contribution in [-0.4, -0.2) is 13.1 Å². The zero-order valence-corrected chi connectivity index (χ0v) is 9.49. The van der Waals surface area contributed by atoms with E-state index < -0.39 is 0 Å². The second-order valence-electron chi connectivity index (χ2n) is 4.10. The minimum Gasteiger partial charge on any atom is -0.316 e. The highest BCUT2D eigenvalue weighted by Gasteiger charge is 2.19. The summed E-state index contributed by atoms with van der Waals surface area (Å²) in [6, 6.07) is 4.36. The lowest BCUT2D eigenvalue weighted by Crippen LogP contribution is -2.09. The van der Waals surface area contributed by atoms with Crippen molar-refractivity contribution in [3.05, 3.63) is 33.8 Å². The summed E-state index contributed by atoms with van der Waals surface area (Å²) in [5.74, 6) is 0.660. The summed E-state index contributed by atoms with van der Waals surface area (Å²) in [6.07, 6.45) is 1.24. The smallest absolute Gasteiger partial charge is 0.0467 e. The quantitative estimate of drug-likeness (QED) is 0.750. The van der Waals surface area contributed by atoms with Crippen molar-refractivity contribution in [2.45, 2.75) is 26.2 Å². The highest BCUT2D eigenvalue weighted by molar-refractivity contribution is 6.32. The number of hydrogen-bond acceptors (Lipinski definition) is 1. The fourth-order valence-corrected chi connectivity index (χ4v) is 2.37. The van der Waals surface area contributed by atoms with Crippen molar-refractivity contribution in [1.82, 2.24) is 5.32 Å². The van der Waals surface area contributed by atoms with Crippen LogP contribution >= 0.6 is 11.6 Å². The first-order valence-corrected chi connectivity index (χ1v) is 5.54. The Morgan fingerprint density at radius 2 is 2.14 bits per heavy atom. The van der Waals surface area contributed by atoms with E-state index in [4.69, 9.17) is 11.6 Å². The van der Waals surface area contributed by atoms with Crippen LogP contribution in [0.4, 0.5) is 0 Å². The summed E-state index contributed by atoms with van der Waals surface area (Å²) in [7, 11) is 0. The van der Waals surface area contributed by atoms with E-state index in [1.807, 2.05) is 0 Å². The maximum atomic E-state index is 6.24. The lowest BCUT2D eigenvalue weighted by atomic mass is 9.93. The highest BCUT2D eigenvalue weighted by Crippen LogP contribution is 2.31. The van der Waals surface area contributed by atoms with Gasteiger partial charge in [0.15, 0.2) is 0 Å². The van der Waals surface area contributed by atoms with E-state index in [0.29, 0.717) is 5.92 Å². The number of aryl methyl sites for hydroxylation is 1. The molecule has 1 aromatic carbocycles. The van der Waals surface area contributed by atoms with E-state index in [-0.39, 0.29) is 0 Å². The molecule has 1 N–H and O–H groups in total. The van der Waals surface area contributed by atoms with Crippen LogP contribution in [0.2, 0.25) is 5.02 Å². The molecule has 0 aliphatic carbocycles. The Labute approximate surface area is 90.5 Å². The lowest BCUT2D eigenvalue weighted by molar-refractivity contribution is 0.757. The van der Waals surface area contributed by atoms with Gasteiger partial charge in [-0.3, -0.25) is 0 Å². The molecule has 0 amide bonds. The minimum absolute atomic E-state index is 0.660. The fraction of sp³-hybridized carbons (Fsp3) is 0.500. The van der Waals surface area contributed by atoms with Gasteiger partial charge in [0.05, 0.1) is 0 Å². The molecule has 2 rings (SSSR count). The monoisotopic (exact) mass is 209 g/mol. The van der Waals surface area contributed by atoms with Gasteiger partial charge >= 0.3 is 0 Å². The second-order valence-corrected chi connectivity index (χ2v) is 4.48. The molecule has 1 aliphatic heterocycles. The number of hydrogen-bond donors (Lipinski definition) is 1. The second kappa shape index (κ2) is 3.92. The van der Waals surface area contributed by atoms with Crippen molar-refractivity contribution in [3.63, 3.8) is 0 Å².